The zero-order valence-electron chi connectivity index (χ0n) is 22.3. The van der Waals surface area contributed by atoms with E-state index in [0.29, 0.717) is 21.7 Å². The number of hydrogen-bond donors (Lipinski definition) is 2. The van der Waals surface area contributed by atoms with Gasteiger partial charge in [0.25, 0.3) is 11.8 Å². The molecular formula is C28H32ClF3N4O4S. The highest BCUT2D eigenvalue weighted by Crippen LogP contribution is 2.39. The number of alkyl halides is 3. The minimum absolute atomic E-state index is 0.00234. The molecule has 1 aliphatic heterocycles. The Kier molecular flexibility index (Phi) is 9.22. The van der Waals surface area contributed by atoms with Crippen molar-refractivity contribution >= 4 is 52.0 Å². The number of ether oxygens (including phenoxy) is 1. The second-order valence-corrected chi connectivity index (χ2v) is 12.4. The lowest BCUT2D eigenvalue weighted by Crippen LogP contribution is -2.57. The van der Waals surface area contributed by atoms with Gasteiger partial charge in [0, 0.05) is 31.4 Å². The molecule has 3 amide bonds. The molecule has 13 heteroatoms. The smallest absolute Gasteiger partial charge is 0.370 e. The molecule has 2 aromatic rings. The number of halogens is 4. The number of morpholine rings is 1. The Hall–Kier alpha value is -2.67. The first-order chi connectivity index (χ1) is 19.6. The summed E-state index contributed by atoms with van der Waals surface area (Å²) in [5.74, 6) is -0.978. The Balaban J connectivity index is 1.39. The van der Waals surface area contributed by atoms with Crippen molar-refractivity contribution in [3.63, 3.8) is 0 Å². The Morgan fingerprint density at radius 2 is 1.90 bits per heavy atom. The summed E-state index contributed by atoms with van der Waals surface area (Å²) in [5, 5.41) is 5.52. The molecule has 41 heavy (non-hydrogen) atoms. The molecule has 0 spiro atoms. The molecule has 2 heterocycles. The van der Waals surface area contributed by atoms with Crippen molar-refractivity contribution in [3.05, 3.63) is 45.1 Å². The van der Waals surface area contributed by atoms with Crippen LogP contribution in [0.5, 0.6) is 0 Å². The number of hydrogen-bond acceptors (Lipinski definition) is 6. The van der Waals surface area contributed by atoms with Crippen LogP contribution in [0.15, 0.2) is 30.3 Å². The van der Waals surface area contributed by atoms with Crippen LogP contribution in [0.25, 0.3) is 0 Å². The average molecular weight is 613 g/mol. The lowest BCUT2D eigenvalue weighted by molar-refractivity contribution is -0.137. The molecular weight excluding hydrogens is 581 g/mol. The number of nitrogens with one attached hydrogen (secondary N) is 2. The lowest BCUT2D eigenvalue weighted by Gasteiger charge is -2.45. The molecule has 0 bridgehead atoms. The molecule has 1 saturated heterocycles. The van der Waals surface area contributed by atoms with Crippen molar-refractivity contribution < 1.29 is 32.3 Å². The number of carbonyl (C=O) groups is 3. The van der Waals surface area contributed by atoms with Gasteiger partial charge >= 0.3 is 6.18 Å². The summed E-state index contributed by atoms with van der Waals surface area (Å²) in [6.07, 6.45) is 1.39. The van der Waals surface area contributed by atoms with E-state index >= 15 is 0 Å². The number of amides is 3. The van der Waals surface area contributed by atoms with Gasteiger partial charge in [0.1, 0.15) is 12.6 Å². The van der Waals surface area contributed by atoms with Gasteiger partial charge in [-0.1, -0.05) is 24.4 Å². The molecule has 0 radical (unpaired) electrons. The Bertz CT molecular complexity index is 1280. The maximum atomic E-state index is 14.1. The predicted octanol–water partition coefficient (Wildman–Crippen LogP) is 5.18. The van der Waals surface area contributed by atoms with Gasteiger partial charge in [0.05, 0.1) is 27.1 Å². The highest BCUT2D eigenvalue weighted by Gasteiger charge is 2.39. The van der Waals surface area contributed by atoms with Crippen molar-refractivity contribution in [2.24, 2.45) is 5.92 Å². The fourth-order valence-corrected chi connectivity index (χ4v) is 6.33. The summed E-state index contributed by atoms with van der Waals surface area (Å²) >= 11 is 7.10. The third-order valence-electron chi connectivity index (χ3n) is 8.04. The molecule has 2 saturated carbocycles. The zero-order valence-corrected chi connectivity index (χ0v) is 23.9. The highest BCUT2D eigenvalue weighted by molar-refractivity contribution is 7.18. The summed E-state index contributed by atoms with van der Waals surface area (Å²) in [6.45, 7) is 0.525. The molecule has 0 unspecified atom stereocenters. The van der Waals surface area contributed by atoms with E-state index in [1.165, 1.54) is 12.1 Å². The van der Waals surface area contributed by atoms with Gasteiger partial charge in [-0.2, -0.15) is 13.2 Å². The molecule has 1 atom stereocenters. The van der Waals surface area contributed by atoms with E-state index in [9.17, 15) is 27.6 Å². The van der Waals surface area contributed by atoms with Crippen LogP contribution < -0.4 is 15.5 Å². The van der Waals surface area contributed by atoms with Crippen LogP contribution in [-0.2, 0) is 20.5 Å². The molecule has 8 nitrogen and oxygen atoms in total. The lowest BCUT2D eigenvalue weighted by atomic mass is 9.82. The third-order valence-corrected chi connectivity index (χ3v) is 9.27. The van der Waals surface area contributed by atoms with Crippen LogP contribution in [0.1, 0.15) is 53.8 Å². The van der Waals surface area contributed by atoms with Gasteiger partial charge in [0.2, 0.25) is 5.91 Å². The van der Waals surface area contributed by atoms with Crippen molar-refractivity contribution in [1.29, 1.82) is 0 Å². The number of nitrogens with zero attached hydrogens (tertiary/aromatic N) is 2. The molecule has 3 fully saturated rings. The van der Waals surface area contributed by atoms with Crippen molar-refractivity contribution in [1.82, 2.24) is 10.2 Å². The van der Waals surface area contributed by atoms with Crippen molar-refractivity contribution in [3.8, 4) is 0 Å². The van der Waals surface area contributed by atoms with Crippen molar-refractivity contribution in [2.75, 3.05) is 43.1 Å². The molecule has 1 aromatic carbocycles. The second kappa shape index (κ2) is 12.7. The van der Waals surface area contributed by atoms with Gasteiger partial charge in [-0.05, 0) is 61.9 Å². The highest BCUT2D eigenvalue weighted by atomic mass is 35.5. The molecule has 3 aliphatic rings. The summed E-state index contributed by atoms with van der Waals surface area (Å²) in [7, 11) is 0. The van der Waals surface area contributed by atoms with Crippen LogP contribution >= 0.6 is 22.9 Å². The second-order valence-electron chi connectivity index (χ2n) is 10.7. The topological polar surface area (TPSA) is 91.0 Å². The number of carbonyl (C=O) groups excluding carboxylic acids is 3. The van der Waals surface area contributed by atoms with Gasteiger partial charge in [-0.25, -0.2) is 0 Å². The van der Waals surface area contributed by atoms with Crippen LogP contribution in [0.2, 0.25) is 4.34 Å². The standard InChI is InChI=1S/C28H32ClF3N4O4S/c29-24-10-9-23(41-24)27(39)33-14-22(36(19-5-2-6-19)15-17-3-1-4-17)26(38)34-18-7-8-21(20(13-18)28(30,31)32)35-11-12-40-16-25(35)37/h7-10,13,17,19,22H,1-6,11-12,14-16H2,(H,33,39)(H,34,38)/t22-/m0/s1. The fraction of sp³-hybridized carbons (Fsp3) is 0.536. The maximum Gasteiger partial charge on any atom is 0.418 e. The summed E-state index contributed by atoms with van der Waals surface area (Å²) in [6, 6.07) is 6.04. The van der Waals surface area contributed by atoms with E-state index in [1.54, 1.807) is 12.1 Å². The van der Waals surface area contributed by atoms with E-state index in [0.717, 1.165) is 60.8 Å². The molecule has 2 aliphatic carbocycles. The molecule has 5 rings (SSSR count). The minimum atomic E-state index is -4.76. The molecule has 1 aromatic heterocycles. The Labute approximate surface area is 245 Å². The summed E-state index contributed by atoms with van der Waals surface area (Å²) < 4.78 is 47.8. The van der Waals surface area contributed by atoms with Gasteiger partial charge < -0.3 is 20.3 Å². The average Bonchev–Trinajstić information content (AvgIpc) is 3.31. The number of rotatable bonds is 10. The van der Waals surface area contributed by atoms with E-state index in [-0.39, 0.29) is 49.6 Å². The largest absolute Gasteiger partial charge is 0.418 e. The quantitative estimate of drug-likeness (QED) is 0.386. The van der Waals surface area contributed by atoms with Crippen LogP contribution in [0, 0.1) is 5.92 Å². The normalized spacial score (nSPS) is 19.0. The van der Waals surface area contributed by atoms with E-state index in [4.69, 9.17) is 16.3 Å². The number of thiophene rings is 1. The number of anilines is 2. The van der Waals surface area contributed by atoms with Crippen LogP contribution in [0.3, 0.4) is 0 Å². The zero-order chi connectivity index (χ0) is 29.1. The first-order valence-corrected chi connectivity index (χ1v) is 15.0. The molecule has 222 valence electrons. The summed E-state index contributed by atoms with van der Waals surface area (Å²) in [4.78, 5) is 42.4. The van der Waals surface area contributed by atoms with E-state index in [2.05, 4.69) is 15.5 Å². The predicted molar refractivity (Wildman–Crippen MR) is 150 cm³/mol. The van der Waals surface area contributed by atoms with Gasteiger partial charge in [-0.3, -0.25) is 19.3 Å². The van der Waals surface area contributed by atoms with Crippen molar-refractivity contribution in [2.45, 2.75) is 56.8 Å². The van der Waals surface area contributed by atoms with Gasteiger partial charge in [-0.15, -0.1) is 11.3 Å². The first kappa shape index (κ1) is 29.8. The monoisotopic (exact) mass is 612 g/mol. The van der Waals surface area contributed by atoms with Crippen LogP contribution in [-0.4, -0.2) is 67.6 Å². The third kappa shape index (κ3) is 7.04. The SMILES string of the molecule is O=C(NC[C@@H](C(=O)Nc1ccc(N2CCOCC2=O)c(C(F)(F)F)c1)N(CC1CCC1)C1CCC1)c1ccc(Cl)s1. The fourth-order valence-electron chi connectivity index (χ4n) is 5.37. The number of benzene rings is 1. The Morgan fingerprint density at radius 3 is 2.49 bits per heavy atom. The van der Waals surface area contributed by atoms with E-state index < -0.39 is 29.6 Å². The summed E-state index contributed by atoms with van der Waals surface area (Å²) in [5.41, 5.74) is -1.33. The first-order valence-electron chi connectivity index (χ1n) is 13.8. The Morgan fingerprint density at radius 1 is 1.15 bits per heavy atom. The maximum absolute atomic E-state index is 14.1. The molecule has 2 N–H and O–H groups in total. The van der Waals surface area contributed by atoms with Crippen LogP contribution in [0.4, 0.5) is 24.5 Å². The van der Waals surface area contributed by atoms with Gasteiger partial charge in [0.15, 0.2) is 0 Å². The minimum Gasteiger partial charge on any atom is -0.370 e. The van der Waals surface area contributed by atoms with E-state index in [1.807, 2.05) is 0 Å².